The minimum Gasteiger partial charge on any atom is -0.382 e. The number of hydrogen-bond acceptors (Lipinski definition) is 6. The molecule has 0 saturated heterocycles. The number of aromatic nitrogens is 2. The monoisotopic (exact) mass is 478 g/mol. The molecule has 1 aliphatic rings. The highest BCUT2D eigenvalue weighted by molar-refractivity contribution is 6.30. The maximum absolute atomic E-state index is 11.5. The van der Waals surface area contributed by atoms with Crippen LogP contribution in [-0.4, -0.2) is 45.7 Å². The van der Waals surface area contributed by atoms with Crippen LogP contribution in [0, 0.1) is 5.41 Å². The van der Waals surface area contributed by atoms with Gasteiger partial charge in [0.15, 0.2) is 0 Å². The van der Waals surface area contributed by atoms with E-state index in [2.05, 4.69) is 21.9 Å². The van der Waals surface area contributed by atoms with E-state index in [0.717, 1.165) is 34.6 Å². The Labute approximate surface area is 206 Å². The number of aldehydes is 1. The molecule has 0 spiro atoms. The molecule has 3 rings (SSSR count). The molecule has 1 unspecified atom stereocenters. The van der Waals surface area contributed by atoms with Crippen LogP contribution in [0.2, 0.25) is 5.02 Å². The van der Waals surface area contributed by atoms with E-state index in [1.165, 1.54) is 0 Å². The number of halogens is 1. The predicted molar refractivity (Wildman–Crippen MR) is 139 cm³/mol. The van der Waals surface area contributed by atoms with Gasteiger partial charge in [0.1, 0.15) is 12.1 Å². The molecule has 1 aromatic heterocycles. The zero-order valence-electron chi connectivity index (χ0n) is 20.3. The molecule has 0 aliphatic carbocycles. The predicted octanol–water partition coefficient (Wildman–Crippen LogP) is 5.29. The van der Waals surface area contributed by atoms with Gasteiger partial charge >= 0.3 is 0 Å². The molecular weight excluding hydrogens is 448 g/mol. The number of allylic oxidation sites excluding steroid dienone is 2. The van der Waals surface area contributed by atoms with E-state index in [-0.39, 0.29) is 6.04 Å². The Hall–Kier alpha value is -3.58. The molecule has 7 nitrogen and oxygen atoms in total. The SMILES string of the molecule is C=C1C(Nc2ccnn2C)=C(C(=N)CC)C(c2ccc(Cl)cc2)N1C(/C=C(/C)C=O)=C/N(C)C. The smallest absolute Gasteiger partial charge is 0.145 e. The van der Waals surface area contributed by atoms with E-state index < -0.39 is 0 Å². The number of nitrogens with zero attached hydrogens (tertiary/aromatic N) is 4. The van der Waals surface area contributed by atoms with Gasteiger partial charge in [0, 0.05) is 49.7 Å². The van der Waals surface area contributed by atoms with Crippen molar-refractivity contribution in [1.29, 1.82) is 5.41 Å². The minimum absolute atomic E-state index is 0.338. The lowest BCUT2D eigenvalue weighted by atomic mass is 9.94. The van der Waals surface area contributed by atoms with Gasteiger partial charge in [-0.2, -0.15) is 5.10 Å². The largest absolute Gasteiger partial charge is 0.382 e. The van der Waals surface area contributed by atoms with Gasteiger partial charge in [-0.05, 0) is 42.7 Å². The first kappa shape index (κ1) is 25.1. The third kappa shape index (κ3) is 5.15. The molecule has 2 heterocycles. The summed E-state index contributed by atoms with van der Waals surface area (Å²) in [6, 6.07) is 9.16. The first-order chi connectivity index (χ1) is 16.2. The number of carbonyl (C=O) groups excluding carboxylic acids is 1. The Morgan fingerprint density at radius 3 is 2.50 bits per heavy atom. The van der Waals surface area contributed by atoms with Crippen LogP contribution < -0.4 is 5.32 Å². The standard InChI is InChI=1S/C26H31ClN6O/c1-7-22(28)24-25(30-23-12-13-29-32(23)6)18(3)33(21(15-31(4)5)14-17(2)16-34)26(24)19-8-10-20(27)11-9-19/h8-16,26,28,30H,3,7H2,1-2,4-6H3/b17-14-,21-15+,28-22?. The van der Waals surface area contributed by atoms with Crippen molar-refractivity contribution in [3.8, 4) is 0 Å². The number of nitrogens with one attached hydrogen (secondary N) is 2. The molecule has 178 valence electrons. The second kappa shape index (κ2) is 10.6. The van der Waals surface area contributed by atoms with Crippen LogP contribution in [0.1, 0.15) is 31.9 Å². The summed E-state index contributed by atoms with van der Waals surface area (Å²) in [7, 11) is 5.71. The highest BCUT2D eigenvalue weighted by atomic mass is 35.5. The van der Waals surface area contributed by atoms with Gasteiger partial charge in [-0.3, -0.25) is 9.48 Å². The van der Waals surface area contributed by atoms with Crippen LogP contribution in [0.3, 0.4) is 0 Å². The number of aryl methyl sites for hydroxylation is 1. The molecule has 34 heavy (non-hydrogen) atoms. The van der Waals surface area contributed by atoms with Gasteiger partial charge in [-0.25, -0.2) is 0 Å². The van der Waals surface area contributed by atoms with Crippen LogP contribution in [0.5, 0.6) is 0 Å². The van der Waals surface area contributed by atoms with Crippen molar-refractivity contribution < 1.29 is 4.79 Å². The Kier molecular flexibility index (Phi) is 7.79. The number of carbonyl (C=O) groups is 1. The Morgan fingerprint density at radius 2 is 1.97 bits per heavy atom. The molecule has 2 N–H and O–H groups in total. The van der Waals surface area contributed by atoms with Crippen molar-refractivity contribution >= 4 is 29.4 Å². The maximum atomic E-state index is 11.5. The molecule has 0 radical (unpaired) electrons. The highest BCUT2D eigenvalue weighted by Crippen LogP contribution is 2.46. The molecule has 0 bridgehead atoms. The quantitative estimate of drug-likeness (QED) is 0.222. The van der Waals surface area contributed by atoms with E-state index >= 15 is 0 Å². The zero-order chi connectivity index (χ0) is 25.0. The lowest BCUT2D eigenvalue weighted by Crippen LogP contribution is -2.26. The summed E-state index contributed by atoms with van der Waals surface area (Å²) in [5, 5.41) is 17.3. The summed E-state index contributed by atoms with van der Waals surface area (Å²) in [6.07, 6.45) is 6.87. The topological polar surface area (TPSA) is 77.2 Å². The van der Waals surface area contributed by atoms with Gasteiger partial charge < -0.3 is 20.5 Å². The van der Waals surface area contributed by atoms with Gasteiger partial charge in [0.05, 0.1) is 29.3 Å². The zero-order valence-corrected chi connectivity index (χ0v) is 21.0. The molecule has 1 aliphatic heterocycles. The minimum atomic E-state index is -0.338. The summed E-state index contributed by atoms with van der Waals surface area (Å²) in [4.78, 5) is 15.5. The van der Waals surface area contributed by atoms with E-state index in [0.29, 0.717) is 28.4 Å². The van der Waals surface area contributed by atoms with Crippen LogP contribution in [0.25, 0.3) is 0 Å². The average Bonchev–Trinajstić information content (AvgIpc) is 3.33. The molecule has 1 atom stereocenters. The van der Waals surface area contributed by atoms with Crippen molar-refractivity contribution in [1.82, 2.24) is 19.6 Å². The van der Waals surface area contributed by atoms with Gasteiger partial charge in [-0.1, -0.05) is 37.2 Å². The molecule has 0 saturated carbocycles. The van der Waals surface area contributed by atoms with Crippen molar-refractivity contribution in [3.05, 3.63) is 94.2 Å². The summed E-state index contributed by atoms with van der Waals surface area (Å²) >= 11 is 6.20. The highest BCUT2D eigenvalue weighted by Gasteiger charge is 2.39. The first-order valence-corrected chi connectivity index (χ1v) is 11.4. The average molecular weight is 479 g/mol. The molecule has 1 aromatic carbocycles. The summed E-state index contributed by atoms with van der Waals surface area (Å²) in [5.74, 6) is 0.784. The van der Waals surface area contributed by atoms with Crippen LogP contribution in [0.15, 0.2) is 83.6 Å². The molecular formula is C26H31ClN6O. The fourth-order valence-electron chi connectivity index (χ4n) is 3.93. The van der Waals surface area contributed by atoms with E-state index in [9.17, 15) is 4.79 Å². The fourth-order valence-corrected chi connectivity index (χ4v) is 4.06. The molecule has 0 amide bonds. The van der Waals surface area contributed by atoms with Crippen molar-refractivity contribution in [2.75, 3.05) is 19.4 Å². The van der Waals surface area contributed by atoms with Crippen LogP contribution in [-0.2, 0) is 11.8 Å². The van der Waals surface area contributed by atoms with Gasteiger partial charge in [-0.15, -0.1) is 0 Å². The van der Waals surface area contributed by atoms with Gasteiger partial charge in [0.25, 0.3) is 0 Å². The molecule has 0 fully saturated rings. The number of anilines is 1. The number of rotatable bonds is 9. The number of benzene rings is 1. The maximum Gasteiger partial charge on any atom is 0.145 e. The second-order valence-electron chi connectivity index (χ2n) is 8.38. The summed E-state index contributed by atoms with van der Waals surface area (Å²) < 4.78 is 1.74. The lowest BCUT2D eigenvalue weighted by Gasteiger charge is -2.32. The van der Waals surface area contributed by atoms with Crippen LogP contribution in [0.4, 0.5) is 5.82 Å². The Morgan fingerprint density at radius 1 is 1.29 bits per heavy atom. The lowest BCUT2D eigenvalue weighted by molar-refractivity contribution is -0.104. The Bertz CT molecular complexity index is 1190. The number of hydrogen-bond donors (Lipinski definition) is 2. The second-order valence-corrected chi connectivity index (χ2v) is 8.82. The van der Waals surface area contributed by atoms with Crippen molar-refractivity contribution in [3.63, 3.8) is 0 Å². The van der Waals surface area contributed by atoms with Crippen molar-refractivity contribution in [2.24, 2.45) is 7.05 Å². The van der Waals surface area contributed by atoms with Crippen LogP contribution >= 0.6 is 11.6 Å². The summed E-state index contributed by atoms with van der Waals surface area (Å²) in [5.41, 5.74) is 5.07. The third-order valence-electron chi connectivity index (χ3n) is 5.55. The van der Waals surface area contributed by atoms with Gasteiger partial charge in [0.2, 0.25) is 0 Å². The van der Waals surface area contributed by atoms with E-state index in [4.69, 9.17) is 17.0 Å². The van der Waals surface area contributed by atoms with Crippen molar-refractivity contribution in [2.45, 2.75) is 26.3 Å². The third-order valence-corrected chi connectivity index (χ3v) is 5.80. The fraction of sp³-hybridized carbons (Fsp3) is 0.269. The molecule has 8 heteroatoms. The molecule has 2 aromatic rings. The summed E-state index contributed by atoms with van der Waals surface area (Å²) in [6.45, 7) is 8.16. The normalized spacial score (nSPS) is 16.8. The van der Waals surface area contributed by atoms with E-state index in [1.54, 1.807) is 17.8 Å². The first-order valence-electron chi connectivity index (χ1n) is 11.0. The Balaban J connectivity index is 2.29. The van der Waals surface area contributed by atoms with E-state index in [1.807, 2.05) is 75.6 Å².